The third kappa shape index (κ3) is 3.07. The highest BCUT2D eigenvalue weighted by atomic mass is 16.6. The van der Waals surface area contributed by atoms with Crippen LogP contribution in [0.15, 0.2) is 18.2 Å². The van der Waals surface area contributed by atoms with Crippen molar-refractivity contribution in [1.29, 1.82) is 0 Å². The molecule has 0 bridgehead atoms. The first kappa shape index (κ1) is 17.4. The normalized spacial score (nSPS) is 26.0. The molecule has 0 radical (unpaired) electrons. The number of carboxylic acids is 1. The Kier molecular flexibility index (Phi) is 5.01. The standard InChI is InChI=1S/C16H21NO6/c1-10-6-7-11-12(9-10)15(21)16(14(11)20,17(22)23)8-4-2-3-5-13(18)19/h6-7,9,14-15,20-21H,2-5,8H2,1H3,(H,18,19)/t14-,15+,16-/m0/s1. The lowest BCUT2D eigenvalue weighted by atomic mass is 9.85. The van der Waals surface area contributed by atoms with Crippen molar-refractivity contribution < 1.29 is 25.0 Å². The third-order valence-corrected chi connectivity index (χ3v) is 4.59. The van der Waals surface area contributed by atoms with Gasteiger partial charge in [-0.1, -0.05) is 30.2 Å². The lowest BCUT2D eigenvalue weighted by Crippen LogP contribution is -2.45. The molecule has 1 aliphatic rings. The minimum atomic E-state index is -1.86. The summed E-state index contributed by atoms with van der Waals surface area (Å²) in [6.07, 6.45) is -1.46. The maximum Gasteiger partial charge on any atom is 0.303 e. The highest BCUT2D eigenvalue weighted by Gasteiger charge is 2.62. The number of carbonyl (C=O) groups is 1. The highest BCUT2D eigenvalue weighted by molar-refractivity contribution is 5.66. The van der Waals surface area contributed by atoms with Gasteiger partial charge in [0.2, 0.25) is 0 Å². The number of aryl methyl sites for hydroxylation is 1. The number of hydrogen-bond acceptors (Lipinski definition) is 5. The van der Waals surface area contributed by atoms with Gasteiger partial charge in [-0.3, -0.25) is 14.9 Å². The van der Waals surface area contributed by atoms with E-state index in [1.807, 2.05) is 6.92 Å². The number of benzene rings is 1. The van der Waals surface area contributed by atoms with Crippen LogP contribution in [0.1, 0.15) is 61.0 Å². The molecular weight excluding hydrogens is 302 g/mol. The maximum atomic E-state index is 11.7. The average molecular weight is 323 g/mol. The quantitative estimate of drug-likeness (QED) is 0.401. The fourth-order valence-corrected chi connectivity index (χ4v) is 3.29. The number of hydrogen-bond donors (Lipinski definition) is 3. The van der Waals surface area contributed by atoms with Gasteiger partial charge in [0.25, 0.3) is 5.54 Å². The van der Waals surface area contributed by atoms with Gasteiger partial charge < -0.3 is 15.3 Å². The van der Waals surface area contributed by atoms with Crippen molar-refractivity contribution in [2.24, 2.45) is 0 Å². The molecule has 23 heavy (non-hydrogen) atoms. The summed E-state index contributed by atoms with van der Waals surface area (Å²) in [6.45, 7) is 1.82. The average Bonchev–Trinajstić information content (AvgIpc) is 2.68. The molecule has 0 saturated carbocycles. The second-order valence-corrected chi connectivity index (χ2v) is 6.14. The van der Waals surface area contributed by atoms with Gasteiger partial charge in [0.15, 0.2) is 12.2 Å². The van der Waals surface area contributed by atoms with Crippen LogP contribution in [0.5, 0.6) is 0 Å². The van der Waals surface area contributed by atoms with Crippen LogP contribution in [0, 0.1) is 17.0 Å². The molecule has 0 aliphatic heterocycles. The Morgan fingerprint density at radius 1 is 1.22 bits per heavy atom. The first-order valence-corrected chi connectivity index (χ1v) is 7.63. The summed E-state index contributed by atoms with van der Waals surface area (Å²) < 4.78 is 0. The lowest BCUT2D eigenvalue weighted by molar-refractivity contribution is -0.598. The number of unbranched alkanes of at least 4 members (excludes halogenated alkanes) is 2. The Labute approximate surface area is 133 Å². The van der Waals surface area contributed by atoms with Gasteiger partial charge >= 0.3 is 5.97 Å². The Balaban J connectivity index is 2.18. The summed E-state index contributed by atoms with van der Waals surface area (Å²) in [4.78, 5) is 21.6. The molecule has 0 saturated heterocycles. The predicted octanol–water partition coefficient (Wildman–Crippen LogP) is 2.13. The second kappa shape index (κ2) is 6.64. The van der Waals surface area contributed by atoms with Crippen molar-refractivity contribution in [1.82, 2.24) is 0 Å². The van der Waals surface area contributed by atoms with Crippen molar-refractivity contribution in [2.75, 3.05) is 0 Å². The minimum absolute atomic E-state index is 0.00429. The highest BCUT2D eigenvalue weighted by Crippen LogP contribution is 2.51. The zero-order chi connectivity index (χ0) is 17.2. The lowest BCUT2D eigenvalue weighted by Gasteiger charge is -2.27. The number of aliphatic hydroxyl groups excluding tert-OH is 2. The number of rotatable bonds is 7. The SMILES string of the molecule is Cc1ccc2c(c1)[C@@H](O)[C@@](CCCCCC(=O)O)([N+](=O)[O-])[C@H]2O. The van der Waals surface area contributed by atoms with Crippen LogP contribution < -0.4 is 0 Å². The first-order valence-electron chi connectivity index (χ1n) is 7.63. The third-order valence-electron chi connectivity index (χ3n) is 4.59. The largest absolute Gasteiger partial charge is 0.481 e. The first-order chi connectivity index (χ1) is 10.8. The molecule has 0 fully saturated rings. The van der Waals surface area contributed by atoms with Crippen LogP contribution in [-0.4, -0.2) is 31.8 Å². The molecule has 1 aromatic carbocycles. The number of fused-ring (bicyclic) bond motifs is 1. The summed E-state index contributed by atoms with van der Waals surface area (Å²) in [5.74, 6) is -0.905. The van der Waals surface area contributed by atoms with Crippen LogP contribution in [0.2, 0.25) is 0 Å². The van der Waals surface area contributed by atoms with Gasteiger partial charge in [-0.2, -0.15) is 0 Å². The Morgan fingerprint density at radius 2 is 1.87 bits per heavy atom. The molecule has 1 aromatic rings. The van der Waals surface area contributed by atoms with E-state index in [0.29, 0.717) is 30.4 Å². The molecule has 7 nitrogen and oxygen atoms in total. The van der Waals surface area contributed by atoms with E-state index in [0.717, 1.165) is 5.56 Å². The van der Waals surface area contributed by atoms with Gasteiger partial charge in [-0.25, -0.2) is 0 Å². The zero-order valence-electron chi connectivity index (χ0n) is 12.9. The molecule has 0 amide bonds. The summed E-state index contributed by atoms with van der Waals surface area (Å²) in [5, 5.41) is 41.2. The van der Waals surface area contributed by atoms with Crippen molar-refractivity contribution in [3.05, 3.63) is 45.0 Å². The molecule has 2 rings (SSSR count). The number of aliphatic hydroxyl groups is 2. The molecular formula is C16H21NO6. The summed E-state index contributed by atoms with van der Waals surface area (Å²) in [5.41, 5.74) is -0.208. The van der Waals surface area contributed by atoms with E-state index in [2.05, 4.69) is 0 Å². The smallest absolute Gasteiger partial charge is 0.303 e. The van der Waals surface area contributed by atoms with Crippen molar-refractivity contribution >= 4 is 5.97 Å². The van der Waals surface area contributed by atoms with E-state index in [1.54, 1.807) is 18.2 Å². The molecule has 0 heterocycles. The minimum Gasteiger partial charge on any atom is -0.481 e. The van der Waals surface area contributed by atoms with Crippen molar-refractivity contribution in [3.8, 4) is 0 Å². The Bertz CT molecular complexity index is 617. The van der Waals surface area contributed by atoms with Gasteiger partial charge in [0.1, 0.15) is 0 Å². The van der Waals surface area contributed by atoms with E-state index in [1.165, 1.54) is 0 Å². The van der Waals surface area contributed by atoms with E-state index < -0.39 is 28.6 Å². The van der Waals surface area contributed by atoms with E-state index in [4.69, 9.17) is 5.11 Å². The fourth-order valence-electron chi connectivity index (χ4n) is 3.29. The fraction of sp³-hybridized carbons (Fsp3) is 0.562. The van der Waals surface area contributed by atoms with Gasteiger partial charge in [-0.15, -0.1) is 0 Å². The van der Waals surface area contributed by atoms with Crippen molar-refractivity contribution in [2.45, 2.75) is 56.8 Å². The van der Waals surface area contributed by atoms with E-state index in [-0.39, 0.29) is 12.8 Å². The molecule has 3 atom stereocenters. The number of nitrogens with zero attached hydrogens (tertiary/aromatic N) is 1. The number of nitro groups is 1. The summed E-state index contributed by atoms with van der Waals surface area (Å²) >= 11 is 0. The zero-order valence-corrected chi connectivity index (χ0v) is 12.9. The Morgan fingerprint density at radius 3 is 2.48 bits per heavy atom. The second-order valence-electron chi connectivity index (χ2n) is 6.14. The van der Waals surface area contributed by atoms with Gasteiger partial charge in [0, 0.05) is 17.8 Å². The van der Waals surface area contributed by atoms with Gasteiger partial charge in [-0.05, 0) is 30.9 Å². The summed E-state index contributed by atoms with van der Waals surface area (Å²) in [6, 6.07) is 5.03. The monoisotopic (exact) mass is 323 g/mol. The molecule has 126 valence electrons. The Hall–Kier alpha value is -1.99. The van der Waals surface area contributed by atoms with Crippen LogP contribution in [0.25, 0.3) is 0 Å². The van der Waals surface area contributed by atoms with E-state index in [9.17, 15) is 25.1 Å². The molecule has 0 unspecified atom stereocenters. The van der Waals surface area contributed by atoms with Crippen LogP contribution >= 0.6 is 0 Å². The topological polar surface area (TPSA) is 121 Å². The van der Waals surface area contributed by atoms with Crippen molar-refractivity contribution in [3.63, 3.8) is 0 Å². The molecule has 1 aliphatic carbocycles. The molecule has 0 aromatic heterocycles. The number of aliphatic carboxylic acids is 1. The van der Waals surface area contributed by atoms with Crippen LogP contribution in [0.3, 0.4) is 0 Å². The van der Waals surface area contributed by atoms with Gasteiger partial charge in [0.05, 0.1) is 0 Å². The summed E-state index contributed by atoms with van der Waals surface area (Å²) in [7, 11) is 0. The molecule has 0 spiro atoms. The van der Waals surface area contributed by atoms with E-state index >= 15 is 0 Å². The van der Waals surface area contributed by atoms with Crippen LogP contribution in [0.4, 0.5) is 0 Å². The molecule has 3 N–H and O–H groups in total. The number of carboxylic acid groups (broad SMARTS) is 1. The molecule has 7 heteroatoms. The van der Waals surface area contributed by atoms with Crippen LogP contribution in [-0.2, 0) is 4.79 Å². The maximum absolute atomic E-state index is 11.7. The predicted molar refractivity (Wildman–Crippen MR) is 81.5 cm³/mol.